The minimum absolute atomic E-state index is 0.0246. The minimum atomic E-state index is -0.375. The maximum absolute atomic E-state index is 11.9. The highest BCUT2D eigenvalue weighted by Gasteiger charge is 2.10. The zero-order valence-corrected chi connectivity index (χ0v) is 14.0. The van der Waals surface area contributed by atoms with Gasteiger partial charge in [-0.15, -0.1) is 5.10 Å². The van der Waals surface area contributed by atoms with E-state index in [1.54, 1.807) is 61.7 Å². The molecule has 0 spiro atoms. The SMILES string of the molecule is COc1ccc(-c2nnc(NC(=O)/C=C/c3ccc(Cl)cc3)o2)cc1. The first-order chi connectivity index (χ1) is 12.1. The van der Waals surface area contributed by atoms with Crippen LogP contribution in [0.5, 0.6) is 5.75 Å². The molecule has 0 unspecified atom stereocenters. The van der Waals surface area contributed by atoms with Crippen LogP contribution in [0.2, 0.25) is 5.02 Å². The Bertz CT molecular complexity index is 887. The molecule has 1 aromatic heterocycles. The van der Waals surface area contributed by atoms with Crippen LogP contribution in [0, 0.1) is 0 Å². The van der Waals surface area contributed by atoms with Gasteiger partial charge in [0.05, 0.1) is 7.11 Å². The molecule has 1 amide bonds. The highest BCUT2D eigenvalue weighted by Crippen LogP contribution is 2.22. The van der Waals surface area contributed by atoms with Gasteiger partial charge in [0.2, 0.25) is 5.89 Å². The van der Waals surface area contributed by atoms with Crippen LogP contribution in [0.4, 0.5) is 6.01 Å². The summed E-state index contributed by atoms with van der Waals surface area (Å²) in [5.74, 6) is 0.656. The van der Waals surface area contributed by atoms with Gasteiger partial charge >= 0.3 is 6.01 Å². The lowest BCUT2D eigenvalue weighted by Gasteiger charge is -1.99. The number of nitrogens with zero attached hydrogens (tertiary/aromatic N) is 2. The summed E-state index contributed by atoms with van der Waals surface area (Å²) in [6.07, 6.45) is 3.03. The monoisotopic (exact) mass is 355 g/mol. The molecule has 0 saturated heterocycles. The number of benzene rings is 2. The largest absolute Gasteiger partial charge is 0.497 e. The number of nitrogens with one attached hydrogen (secondary N) is 1. The molecule has 0 atom stereocenters. The summed E-state index contributed by atoms with van der Waals surface area (Å²) in [5.41, 5.74) is 1.58. The summed E-state index contributed by atoms with van der Waals surface area (Å²) in [6.45, 7) is 0. The smallest absolute Gasteiger partial charge is 0.322 e. The molecule has 1 N–H and O–H groups in total. The molecule has 25 heavy (non-hydrogen) atoms. The Hall–Kier alpha value is -3.12. The van der Waals surface area contributed by atoms with Crippen LogP contribution >= 0.6 is 11.6 Å². The summed E-state index contributed by atoms with van der Waals surface area (Å²) in [7, 11) is 1.59. The van der Waals surface area contributed by atoms with E-state index < -0.39 is 0 Å². The fraction of sp³-hybridized carbons (Fsp3) is 0.0556. The predicted molar refractivity (Wildman–Crippen MR) is 95.4 cm³/mol. The second kappa shape index (κ2) is 7.63. The molecule has 1 heterocycles. The number of methoxy groups -OCH3 is 1. The van der Waals surface area contributed by atoms with Crippen LogP contribution in [-0.2, 0) is 4.79 Å². The van der Waals surface area contributed by atoms with E-state index in [2.05, 4.69) is 15.5 Å². The molecule has 126 valence electrons. The molecule has 0 aliphatic carbocycles. The number of ether oxygens (including phenoxy) is 1. The number of hydrogen-bond donors (Lipinski definition) is 1. The summed E-state index contributed by atoms with van der Waals surface area (Å²) in [4.78, 5) is 11.9. The first-order valence-corrected chi connectivity index (χ1v) is 7.74. The van der Waals surface area contributed by atoms with Crippen molar-refractivity contribution in [3.05, 3.63) is 65.2 Å². The first-order valence-electron chi connectivity index (χ1n) is 7.36. The van der Waals surface area contributed by atoms with Crippen molar-refractivity contribution in [1.29, 1.82) is 0 Å². The Morgan fingerprint density at radius 2 is 1.84 bits per heavy atom. The van der Waals surface area contributed by atoms with Crippen molar-refractivity contribution in [1.82, 2.24) is 10.2 Å². The average Bonchev–Trinajstić information content (AvgIpc) is 3.10. The van der Waals surface area contributed by atoms with Gasteiger partial charge in [0.15, 0.2) is 0 Å². The molecule has 2 aromatic carbocycles. The van der Waals surface area contributed by atoms with Crippen LogP contribution in [-0.4, -0.2) is 23.2 Å². The van der Waals surface area contributed by atoms with E-state index in [4.69, 9.17) is 20.8 Å². The zero-order chi connectivity index (χ0) is 17.6. The number of halogens is 1. The van der Waals surface area contributed by atoms with E-state index in [0.29, 0.717) is 10.9 Å². The van der Waals surface area contributed by atoms with Crippen LogP contribution in [0.3, 0.4) is 0 Å². The molecule has 7 heteroatoms. The van der Waals surface area contributed by atoms with E-state index in [1.165, 1.54) is 6.08 Å². The molecular weight excluding hydrogens is 342 g/mol. The van der Waals surface area contributed by atoms with Crippen LogP contribution in [0.15, 0.2) is 59.0 Å². The quantitative estimate of drug-likeness (QED) is 0.698. The van der Waals surface area contributed by atoms with Crippen LogP contribution in [0.25, 0.3) is 17.5 Å². The number of anilines is 1. The fourth-order valence-electron chi connectivity index (χ4n) is 2.02. The molecule has 0 saturated carbocycles. The van der Waals surface area contributed by atoms with Crippen molar-refractivity contribution < 1.29 is 13.9 Å². The normalized spacial score (nSPS) is 10.8. The molecule has 0 aliphatic heterocycles. The Labute approximate surface area is 149 Å². The molecular formula is C18H14ClN3O3. The maximum atomic E-state index is 11.9. The number of amides is 1. The van der Waals surface area contributed by atoms with Gasteiger partial charge in [0.25, 0.3) is 5.91 Å². The second-order valence-corrected chi connectivity index (χ2v) is 5.45. The average molecular weight is 356 g/mol. The number of rotatable bonds is 5. The van der Waals surface area contributed by atoms with E-state index in [0.717, 1.165) is 16.9 Å². The third kappa shape index (κ3) is 4.45. The fourth-order valence-corrected chi connectivity index (χ4v) is 2.14. The minimum Gasteiger partial charge on any atom is -0.497 e. The van der Waals surface area contributed by atoms with Gasteiger partial charge in [0, 0.05) is 16.7 Å². The topological polar surface area (TPSA) is 77.3 Å². The number of aromatic nitrogens is 2. The Morgan fingerprint density at radius 3 is 2.52 bits per heavy atom. The predicted octanol–water partition coefficient (Wildman–Crippen LogP) is 4.05. The Kier molecular flexibility index (Phi) is 5.11. The van der Waals surface area contributed by atoms with Gasteiger partial charge in [-0.2, -0.15) is 0 Å². The van der Waals surface area contributed by atoms with E-state index in [9.17, 15) is 4.79 Å². The lowest BCUT2D eigenvalue weighted by Crippen LogP contribution is -2.07. The lowest BCUT2D eigenvalue weighted by molar-refractivity contribution is -0.112. The van der Waals surface area contributed by atoms with Gasteiger partial charge in [-0.25, -0.2) is 0 Å². The van der Waals surface area contributed by atoms with Gasteiger partial charge in [-0.1, -0.05) is 28.8 Å². The Morgan fingerprint density at radius 1 is 1.12 bits per heavy atom. The van der Waals surface area contributed by atoms with Crippen molar-refractivity contribution in [3.63, 3.8) is 0 Å². The van der Waals surface area contributed by atoms with Gasteiger partial charge in [-0.05, 0) is 48.0 Å². The maximum Gasteiger partial charge on any atom is 0.322 e. The van der Waals surface area contributed by atoms with E-state index >= 15 is 0 Å². The third-order valence-electron chi connectivity index (χ3n) is 3.29. The standard InChI is InChI=1S/C18H14ClN3O3/c1-24-15-9-5-13(6-10-15)17-21-22-18(25-17)20-16(23)11-4-12-2-7-14(19)8-3-12/h2-11H,1H3,(H,20,22,23)/b11-4+. The summed E-state index contributed by atoms with van der Waals surface area (Å²) in [6, 6.07) is 14.3. The van der Waals surface area contributed by atoms with Gasteiger partial charge < -0.3 is 9.15 Å². The van der Waals surface area contributed by atoms with E-state index in [-0.39, 0.29) is 11.9 Å². The van der Waals surface area contributed by atoms with Crippen molar-refractivity contribution in [2.24, 2.45) is 0 Å². The summed E-state index contributed by atoms with van der Waals surface area (Å²) < 4.78 is 10.5. The van der Waals surface area contributed by atoms with Crippen molar-refractivity contribution in [3.8, 4) is 17.2 Å². The molecule has 3 rings (SSSR count). The van der Waals surface area contributed by atoms with Gasteiger partial charge in [-0.3, -0.25) is 10.1 Å². The number of hydrogen-bond acceptors (Lipinski definition) is 5. The lowest BCUT2D eigenvalue weighted by atomic mass is 10.2. The van der Waals surface area contributed by atoms with Crippen LogP contribution < -0.4 is 10.1 Å². The molecule has 0 fully saturated rings. The first kappa shape index (κ1) is 16.7. The summed E-state index contributed by atoms with van der Waals surface area (Å²) >= 11 is 5.81. The molecule has 0 bridgehead atoms. The molecule has 6 nitrogen and oxygen atoms in total. The van der Waals surface area contributed by atoms with E-state index in [1.807, 2.05) is 0 Å². The van der Waals surface area contributed by atoms with Crippen molar-refractivity contribution >= 4 is 29.6 Å². The summed E-state index contributed by atoms with van der Waals surface area (Å²) in [5, 5.41) is 10.9. The zero-order valence-electron chi connectivity index (χ0n) is 13.3. The number of carbonyl (C=O) groups is 1. The molecule has 0 radical (unpaired) electrons. The Balaban J connectivity index is 1.64. The second-order valence-electron chi connectivity index (χ2n) is 5.02. The molecule has 0 aliphatic rings. The van der Waals surface area contributed by atoms with Crippen molar-refractivity contribution in [2.75, 3.05) is 12.4 Å². The van der Waals surface area contributed by atoms with Crippen LogP contribution in [0.1, 0.15) is 5.56 Å². The van der Waals surface area contributed by atoms with Crippen molar-refractivity contribution in [2.45, 2.75) is 0 Å². The van der Waals surface area contributed by atoms with Gasteiger partial charge in [0.1, 0.15) is 5.75 Å². The number of carbonyl (C=O) groups excluding carboxylic acids is 1. The third-order valence-corrected chi connectivity index (χ3v) is 3.54. The highest BCUT2D eigenvalue weighted by atomic mass is 35.5. The highest BCUT2D eigenvalue weighted by molar-refractivity contribution is 6.30. The molecule has 3 aromatic rings.